The van der Waals surface area contributed by atoms with E-state index in [0.717, 1.165) is 16.9 Å². The number of hydrogen-bond acceptors (Lipinski definition) is 6. The van der Waals surface area contributed by atoms with Gasteiger partial charge in [0.05, 0.1) is 4.90 Å². The highest BCUT2D eigenvalue weighted by Crippen LogP contribution is 2.20. The summed E-state index contributed by atoms with van der Waals surface area (Å²) in [6.45, 7) is 4.34. The second-order valence-electron chi connectivity index (χ2n) is 6.75. The zero-order valence-corrected chi connectivity index (χ0v) is 17.6. The van der Waals surface area contributed by atoms with Crippen LogP contribution in [0.15, 0.2) is 57.9 Å². The van der Waals surface area contributed by atoms with Gasteiger partial charge in [-0.05, 0) is 42.7 Å². The molecule has 8 heteroatoms. The molecule has 1 aromatic heterocycles. The highest BCUT2D eigenvalue weighted by molar-refractivity contribution is 7.89. The van der Waals surface area contributed by atoms with Crippen molar-refractivity contribution in [3.05, 3.63) is 71.4 Å². The average molecular weight is 416 g/mol. The largest absolute Gasteiger partial charge is 0.484 e. The molecule has 0 bridgehead atoms. The Labute approximate surface area is 171 Å². The van der Waals surface area contributed by atoms with Gasteiger partial charge >= 0.3 is 0 Å². The Balaban J connectivity index is 1.58. The molecular weight excluding hydrogens is 390 g/mol. The molecule has 3 aromatic rings. The summed E-state index contributed by atoms with van der Waals surface area (Å²) in [6, 6.07) is 14.7. The van der Waals surface area contributed by atoms with Crippen LogP contribution in [0.3, 0.4) is 0 Å². The van der Waals surface area contributed by atoms with Crippen LogP contribution in [0, 0.1) is 6.92 Å². The van der Waals surface area contributed by atoms with Crippen LogP contribution in [-0.4, -0.2) is 36.5 Å². The van der Waals surface area contributed by atoms with E-state index in [1.807, 2.05) is 50.2 Å². The Morgan fingerprint density at radius 1 is 1.14 bits per heavy atom. The normalized spacial score (nSPS) is 11.7. The van der Waals surface area contributed by atoms with E-state index < -0.39 is 10.0 Å². The minimum atomic E-state index is -3.57. The number of rotatable bonds is 9. The van der Waals surface area contributed by atoms with Gasteiger partial charge in [0.15, 0.2) is 12.4 Å². The molecule has 1 heterocycles. The lowest BCUT2D eigenvalue weighted by Gasteiger charge is -2.18. The first-order chi connectivity index (χ1) is 13.9. The zero-order valence-electron chi connectivity index (χ0n) is 16.8. The molecule has 0 aliphatic carbocycles. The molecule has 0 radical (unpaired) electrons. The Kier molecular flexibility index (Phi) is 6.66. The van der Waals surface area contributed by atoms with Crippen LogP contribution in [0.1, 0.15) is 29.8 Å². The van der Waals surface area contributed by atoms with Crippen molar-refractivity contribution in [2.45, 2.75) is 38.2 Å². The summed E-state index contributed by atoms with van der Waals surface area (Å²) >= 11 is 0. The second kappa shape index (κ2) is 9.19. The summed E-state index contributed by atoms with van der Waals surface area (Å²) in [5, 5.41) is 3.92. The molecule has 0 N–H and O–H groups in total. The zero-order chi connectivity index (χ0) is 20.9. The molecule has 0 amide bonds. The van der Waals surface area contributed by atoms with Gasteiger partial charge in [0, 0.05) is 20.0 Å². The lowest BCUT2D eigenvalue weighted by atomic mass is 10.2. The molecule has 0 aliphatic heterocycles. The van der Waals surface area contributed by atoms with Crippen molar-refractivity contribution in [1.82, 2.24) is 14.4 Å². The lowest BCUT2D eigenvalue weighted by Crippen LogP contribution is -2.30. The van der Waals surface area contributed by atoms with E-state index in [-0.39, 0.29) is 13.2 Å². The summed E-state index contributed by atoms with van der Waals surface area (Å²) in [5.41, 5.74) is 1.90. The van der Waals surface area contributed by atoms with E-state index in [1.54, 1.807) is 19.2 Å². The van der Waals surface area contributed by atoms with Crippen molar-refractivity contribution in [3.8, 4) is 5.75 Å². The minimum absolute atomic E-state index is 0.161. The lowest BCUT2D eigenvalue weighted by molar-refractivity contribution is 0.242. The molecule has 154 valence electrons. The molecule has 0 atom stereocenters. The summed E-state index contributed by atoms with van der Waals surface area (Å²) in [7, 11) is -2.01. The Hall–Kier alpha value is -2.71. The predicted molar refractivity (Wildman–Crippen MR) is 109 cm³/mol. The summed E-state index contributed by atoms with van der Waals surface area (Å²) in [6.07, 6.45) is 0.996. The minimum Gasteiger partial charge on any atom is -0.484 e. The van der Waals surface area contributed by atoms with E-state index in [2.05, 4.69) is 10.1 Å². The van der Waals surface area contributed by atoms with Gasteiger partial charge < -0.3 is 9.26 Å². The number of aromatic nitrogens is 2. The van der Waals surface area contributed by atoms with Crippen LogP contribution in [0.25, 0.3) is 0 Å². The first-order valence-electron chi connectivity index (χ1n) is 9.45. The van der Waals surface area contributed by atoms with Crippen molar-refractivity contribution in [1.29, 1.82) is 0 Å². The molecule has 2 aromatic carbocycles. The van der Waals surface area contributed by atoms with Crippen molar-refractivity contribution in [3.63, 3.8) is 0 Å². The van der Waals surface area contributed by atoms with E-state index in [4.69, 9.17) is 9.26 Å². The molecule has 0 spiro atoms. The van der Waals surface area contributed by atoms with Crippen LogP contribution in [0.4, 0.5) is 0 Å². The molecule has 7 nitrogen and oxygen atoms in total. The molecular formula is C21H25N3O4S. The highest BCUT2D eigenvalue weighted by Gasteiger charge is 2.23. The second-order valence-corrected chi connectivity index (χ2v) is 8.76. The fourth-order valence-electron chi connectivity index (χ4n) is 2.89. The van der Waals surface area contributed by atoms with Crippen LogP contribution in [0.2, 0.25) is 0 Å². The van der Waals surface area contributed by atoms with Gasteiger partial charge in [-0.1, -0.05) is 42.4 Å². The molecule has 0 fully saturated rings. The van der Waals surface area contributed by atoms with Gasteiger partial charge in [0.2, 0.25) is 10.0 Å². The highest BCUT2D eigenvalue weighted by atomic mass is 32.2. The van der Waals surface area contributed by atoms with E-state index in [9.17, 15) is 8.42 Å². The third-order valence-corrected chi connectivity index (χ3v) is 6.51. The van der Waals surface area contributed by atoms with Crippen molar-refractivity contribution in [2.24, 2.45) is 0 Å². The fourth-order valence-corrected chi connectivity index (χ4v) is 4.36. The summed E-state index contributed by atoms with van der Waals surface area (Å²) in [5.74, 6) is 1.52. The quantitative estimate of drug-likeness (QED) is 0.533. The van der Waals surface area contributed by atoms with Crippen LogP contribution >= 0.6 is 0 Å². The number of nitrogens with zero attached hydrogens (tertiary/aromatic N) is 3. The van der Waals surface area contributed by atoms with E-state index in [0.29, 0.717) is 29.5 Å². The van der Waals surface area contributed by atoms with E-state index >= 15 is 0 Å². The van der Waals surface area contributed by atoms with Crippen molar-refractivity contribution in [2.75, 3.05) is 13.6 Å². The maximum Gasteiger partial charge on any atom is 0.264 e. The molecule has 0 saturated heterocycles. The maximum absolute atomic E-state index is 12.9. The van der Waals surface area contributed by atoms with Gasteiger partial charge in [-0.2, -0.15) is 4.98 Å². The van der Waals surface area contributed by atoms with Gasteiger partial charge in [0.1, 0.15) is 5.75 Å². The van der Waals surface area contributed by atoms with Gasteiger partial charge in [0.25, 0.3) is 5.89 Å². The summed E-state index contributed by atoms with van der Waals surface area (Å²) < 4.78 is 37.9. The molecule has 0 aliphatic rings. The Morgan fingerprint density at radius 3 is 2.69 bits per heavy atom. The monoisotopic (exact) mass is 415 g/mol. The number of sulfonamides is 1. The Bertz CT molecular complexity index is 1060. The van der Waals surface area contributed by atoms with E-state index in [1.165, 1.54) is 4.31 Å². The SMILES string of the molecule is CCc1ccccc1S(=O)(=O)N(C)CCc1noc(COc2cccc(C)c2)n1. The molecule has 0 unspecified atom stereocenters. The number of hydrogen-bond donors (Lipinski definition) is 0. The first kappa shape index (κ1) is 21.0. The molecule has 29 heavy (non-hydrogen) atoms. The van der Waals surface area contributed by atoms with Crippen LogP contribution in [-0.2, 0) is 29.5 Å². The third kappa shape index (κ3) is 5.21. The van der Waals surface area contributed by atoms with Gasteiger partial charge in [-0.15, -0.1) is 0 Å². The Morgan fingerprint density at radius 2 is 1.93 bits per heavy atom. The topological polar surface area (TPSA) is 85.5 Å². The van der Waals surface area contributed by atoms with Gasteiger partial charge in [-0.25, -0.2) is 12.7 Å². The predicted octanol–water partition coefficient (Wildman–Crippen LogP) is 3.38. The van der Waals surface area contributed by atoms with Crippen LogP contribution < -0.4 is 4.74 Å². The van der Waals surface area contributed by atoms with Gasteiger partial charge in [-0.3, -0.25) is 0 Å². The number of ether oxygens (including phenoxy) is 1. The van der Waals surface area contributed by atoms with Crippen LogP contribution in [0.5, 0.6) is 5.75 Å². The molecule has 0 saturated carbocycles. The molecule has 3 rings (SSSR count). The summed E-state index contributed by atoms with van der Waals surface area (Å²) in [4.78, 5) is 4.62. The van der Waals surface area contributed by atoms with Crippen molar-refractivity contribution < 1.29 is 17.7 Å². The van der Waals surface area contributed by atoms with Crippen molar-refractivity contribution >= 4 is 10.0 Å². The first-order valence-corrected chi connectivity index (χ1v) is 10.9. The maximum atomic E-state index is 12.9. The third-order valence-electron chi connectivity index (χ3n) is 4.55. The average Bonchev–Trinajstić information content (AvgIpc) is 3.18. The standard InChI is InChI=1S/C21H25N3O4S/c1-4-17-9-5-6-11-19(17)29(25,26)24(3)13-12-20-22-21(28-23-20)15-27-18-10-7-8-16(2)14-18/h5-11,14H,4,12-13,15H2,1-3H3. The number of likely N-dealkylation sites (N-methyl/N-ethyl adjacent to an activating group) is 1. The fraction of sp³-hybridized carbons (Fsp3) is 0.333. The number of benzene rings is 2. The number of aryl methyl sites for hydroxylation is 2. The smallest absolute Gasteiger partial charge is 0.264 e.